The lowest BCUT2D eigenvalue weighted by Crippen LogP contribution is -2.15. The second-order valence-electron chi connectivity index (χ2n) is 4.32. The lowest BCUT2D eigenvalue weighted by atomic mass is 9.99. The first-order valence-corrected chi connectivity index (χ1v) is 5.86. The molecule has 0 amide bonds. The molecule has 0 saturated heterocycles. The average Bonchev–Trinajstić information content (AvgIpc) is 2.85. The van der Waals surface area contributed by atoms with Gasteiger partial charge in [0.2, 0.25) is 0 Å². The SMILES string of the molecule is O=C(O)C[C@H](C(=O)O)c1ccn(-c2ccc(F)cc2)c1. The molecular formula is C14H12FNO4. The first-order chi connectivity index (χ1) is 9.47. The molecule has 0 aliphatic rings. The van der Waals surface area contributed by atoms with Gasteiger partial charge in [0.15, 0.2) is 0 Å². The third kappa shape index (κ3) is 3.03. The molecule has 0 aliphatic heterocycles. The van der Waals surface area contributed by atoms with Crippen molar-refractivity contribution in [2.75, 3.05) is 0 Å². The predicted molar refractivity (Wildman–Crippen MR) is 68.4 cm³/mol. The van der Waals surface area contributed by atoms with Gasteiger partial charge in [-0.1, -0.05) is 0 Å². The first kappa shape index (κ1) is 13.8. The maximum Gasteiger partial charge on any atom is 0.311 e. The van der Waals surface area contributed by atoms with Crippen molar-refractivity contribution in [1.82, 2.24) is 4.57 Å². The first-order valence-electron chi connectivity index (χ1n) is 5.86. The molecule has 2 N–H and O–H groups in total. The summed E-state index contributed by atoms with van der Waals surface area (Å²) in [6, 6.07) is 7.23. The molecule has 0 unspecified atom stereocenters. The number of carbonyl (C=O) groups is 2. The van der Waals surface area contributed by atoms with Crippen molar-refractivity contribution in [1.29, 1.82) is 0 Å². The van der Waals surface area contributed by atoms with Gasteiger partial charge in [0, 0.05) is 18.1 Å². The molecule has 0 fully saturated rings. The Kier molecular flexibility index (Phi) is 3.84. The molecule has 1 aromatic heterocycles. The van der Waals surface area contributed by atoms with Gasteiger partial charge in [-0.05, 0) is 35.9 Å². The van der Waals surface area contributed by atoms with Crippen molar-refractivity contribution < 1.29 is 24.2 Å². The highest BCUT2D eigenvalue weighted by Gasteiger charge is 2.24. The molecule has 104 valence electrons. The molecule has 0 spiro atoms. The molecule has 1 aromatic carbocycles. The van der Waals surface area contributed by atoms with Crippen LogP contribution in [0.2, 0.25) is 0 Å². The van der Waals surface area contributed by atoms with E-state index >= 15 is 0 Å². The molecule has 1 heterocycles. The Morgan fingerprint density at radius 2 is 1.80 bits per heavy atom. The van der Waals surface area contributed by atoms with Crippen LogP contribution in [0.5, 0.6) is 0 Å². The van der Waals surface area contributed by atoms with Crippen LogP contribution in [-0.2, 0) is 9.59 Å². The molecule has 0 saturated carbocycles. The quantitative estimate of drug-likeness (QED) is 0.878. The van der Waals surface area contributed by atoms with Crippen LogP contribution in [0.4, 0.5) is 4.39 Å². The molecule has 0 radical (unpaired) electrons. The van der Waals surface area contributed by atoms with Crippen LogP contribution in [0, 0.1) is 5.82 Å². The maximum atomic E-state index is 12.8. The summed E-state index contributed by atoms with van der Waals surface area (Å²) in [5, 5.41) is 17.8. The summed E-state index contributed by atoms with van der Waals surface area (Å²) in [4.78, 5) is 21.8. The predicted octanol–water partition coefficient (Wildman–Crippen LogP) is 2.26. The Bertz CT molecular complexity index is 633. The summed E-state index contributed by atoms with van der Waals surface area (Å²) in [5.74, 6) is -3.83. The van der Waals surface area contributed by atoms with E-state index < -0.39 is 24.3 Å². The fourth-order valence-electron chi connectivity index (χ4n) is 1.92. The second kappa shape index (κ2) is 5.56. The van der Waals surface area contributed by atoms with Gasteiger partial charge in [0.25, 0.3) is 0 Å². The zero-order valence-corrected chi connectivity index (χ0v) is 10.4. The summed E-state index contributed by atoms with van der Waals surface area (Å²) in [6.45, 7) is 0. The van der Waals surface area contributed by atoms with E-state index in [-0.39, 0.29) is 5.82 Å². The Balaban J connectivity index is 2.29. The molecule has 20 heavy (non-hydrogen) atoms. The summed E-state index contributed by atoms with van der Waals surface area (Å²) in [7, 11) is 0. The zero-order valence-electron chi connectivity index (χ0n) is 10.4. The van der Waals surface area contributed by atoms with Crippen molar-refractivity contribution in [2.45, 2.75) is 12.3 Å². The van der Waals surface area contributed by atoms with Crippen molar-refractivity contribution in [2.24, 2.45) is 0 Å². The minimum Gasteiger partial charge on any atom is -0.481 e. The Hall–Kier alpha value is -2.63. The molecule has 2 aromatic rings. The van der Waals surface area contributed by atoms with Gasteiger partial charge < -0.3 is 14.8 Å². The number of rotatable bonds is 5. The standard InChI is InChI=1S/C14H12FNO4/c15-10-1-3-11(4-2-10)16-6-5-9(8-16)12(14(19)20)7-13(17)18/h1-6,8,12H,7H2,(H,17,18)(H,19,20)/t12-/m0/s1. The van der Waals surface area contributed by atoms with Crippen LogP contribution in [0.15, 0.2) is 42.7 Å². The van der Waals surface area contributed by atoms with E-state index in [1.165, 1.54) is 18.3 Å². The highest BCUT2D eigenvalue weighted by molar-refractivity contribution is 5.82. The van der Waals surface area contributed by atoms with E-state index in [0.717, 1.165) is 0 Å². The number of aromatic nitrogens is 1. The Morgan fingerprint density at radius 1 is 1.15 bits per heavy atom. The number of nitrogens with zero attached hydrogens (tertiary/aromatic N) is 1. The lowest BCUT2D eigenvalue weighted by Gasteiger charge is -2.07. The van der Waals surface area contributed by atoms with E-state index in [0.29, 0.717) is 11.3 Å². The number of carboxylic acid groups (broad SMARTS) is 2. The van der Waals surface area contributed by atoms with Gasteiger partial charge in [0.1, 0.15) is 5.82 Å². The third-order valence-electron chi connectivity index (χ3n) is 2.92. The third-order valence-corrected chi connectivity index (χ3v) is 2.92. The minimum absolute atomic E-state index is 0.365. The van der Waals surface area contributed by atoms with E-state index in [1.807, 2.05) is 0 Å². The van der Waals surface area contributed by atoms with Gasteiger partial charge in [-0.15, -0.1) is 0 Å². The maximum absolute atomic E-state index is 12.8. The fourth-order valence-corrected chi connectivity index (χ4v) is 1.92. The van der Waals surface area contributed by atoms with Crippen molar-refractivity contribution in [3.05, 3.63) is 54.1 Å². The molecule has 2 rings (SSSR count). The van der Waals surface area contributed by atoms with Gasteiger partial charge in [-0.3, -0.25) is 9.59 Å². The molecular weight excluding hydrogens is 265 g/mol. The van der Waals surface area contributed by atoms with Gasteiger partial charge in [-0.25, -0.2) is 4.39 Å². The van der Waals surface area contributed by atoms with Crippen LogP contribution < -0.4 is 0 Å². The molecule has 1 atom stereocenters. The number of aliphatic carboxylic acids is 2. The van der Waals surface area contributed by atoms with Crippen LogP contribution in [0.3, 0.4) is 0 Å². The van der Waals surface area contributed by atoms with E-state index in [1.54, 1.807) is 29.0 Å². The number of carboxylic acids is 2. The van der Waals surface area contributed by atoms with Crippen LogP contribution in [0.25, 0.3) is 5.69 Å². The minimum atomic E-state index is -1.19. The van der Waals surface area contributed by atoms with E-state index in [9.17, 15) is 14.0 Å². The largest absolute Gasteiger partial charge is 0.481 e. The number of benzene rings is 1. The van der Waals surface area contributed by atoms with Crippen molar-refractivity contribution in [3.8, 4) is 5.69 Å². The topological polar surface area (TPSA) is 79.5 Å². The fraction of sp³-hybridized carbons (Fsp3) is 0.143. The number of hydrogen-bond acceptors (Lipinski definition) is 2. The van der Waals surface area contributed by atoms with E-state index in [2.05, 4.69) is 0 Å². The van der Waals surface area contributed by atoms with Gasteiger partial charge >= 0.3 is 11.9 Å². The summed E-state index contributed by atoms with van der Waals surface area (Å²) >= 11 is 0. The average molecular weight is 277 g/mol. The van der Waals surface area contributed by atoms with Crippen molar-refractivity contribution >= 4 is 11.9 Å². The highest BCUT2D eigenvalue weighted by Crippen LogP contribution is 2.22. The Morgan fingerprint density at radius 3 is 2.35 bits per heavy atom. The monoisotopic (exact) mass is 277 g/mol. The van der Waals surface area contributed by atoms with Crippen LogP contribution >= 0.6 is 0 Å². The Labute approximate surface area is 113 Å². The van der Waals surface area contributed by atoms with Gasteiger partial charge in [-0.2, -0.15) is 0 Å². The molecule has 0 aliphatic carbocycles. The molecule has 0 bridgehead atoms. The van der Waals surface area contributed by atoms with Crippen molar-refractivity contribution in [3.63, 3.8) is 0 Å². The lowest BCUT2D eigenvalue weighted by molar-refractivity contribution is -0.145. The number of halogens is 1. The van der Waals surface area contributed by atoms with Crippen LogP contribution in [-0.4, -0.2) is 26.7 Å². The second-order valence-corrected chi connectivity index (χ2v) is 4.32. The summed E-state index contributed by atoms with van der Waals surface area (Å²) in [6.07, 6.45) is 2.66. The van der Waals surface area contributed by atoms with E-state index in [4.69, 9.17) is 10.2 Å². The number of hydrogen-bond donors (Lipinski definition) is 2. The summed E-state index contributed by atoms with van der Waals surface area (Å²) in [5.41, 5.74) is 1.06. The smallest absolute Gasteiger partial charge is 0.311 e. The van der Waals surface area contributed by atoms with Crippen LogP contribution in [0.1, 0.15) is 17.9 Å². The zero-order chi connectivity index (χ0) is 14.7. The van der Waals surface area contributed by atoms with Gasteiger partial charge in [0.05, 0.1) is 12.3 Å². The summed E-state index contributed by atoms with van der Waals surface area (Å²) < 4.78 is 14.5. The highest BCUT2D eigenvalue weighted by atomic mass is 19.1. The molecule has 6 heteroatoms. The molecule has 5 nitrogen and oxygen atoms in total. The normalized spacial score (nSPS) is 12.1.